The molecule has 4 unspecified atom stereocenters. The molecule has 0 aromatic heterocycles. The van der Waals surface area contributed by atoms with E-state index in [2.05, 4.69) is 77.4 Å². The van der Waals surface area contributed by atoms with Gasteiger partial charge in [0.1, 0.15) is 0 Å². The highest BCUT2D eigenvalue weighted by Gasteiger charge is 2.59. The maximum Gasteiger partial charge on any atom is 0.191 e. The topological polar surface area (TPSA) is 45.7 Å². The van der Waals surface area contributed by atoms with E-state index in [9.17, 15) is 0 Å². The number of halogens is 2. The number of hydrogen-bond acceptors (Lipinski definition) is 2. The van der Waals surface area contributed by atoms with Crippen molar-refractivity contribution in [2.75, 3.05) is 13.2 Å². The number of aliphatic imine (C=N–C) groups is 1. The molecule has 0 radical (unpaired) electrons. The van der Waals surface area contributed by atoms with Crippen LogP contribution in [-0.4, -0.2) is 31.3 Å². The average Bonchev–Trinajstić information content (AvgIpc) is 3.00. The van der Waals surface area contributed by atoms with Gasteiger partial charge < -0.3 is 15.4 Å². The molecule has 4 atom stereocenters. The first kappa shape index (κ1) is 21.0. The van der Waals surface area contributed by atoms with Crippen molar-refractivity contribution in [2.45, 2.75) is 52.3 Å². The van der Waals surface area contributed by atoms with Crippen LogP contribution in [0.2, 0.25) is 0 Å². The lowest BCUT2D eigenvalue weighted by Gasteiger charge is -2.55. The normalized spacial score (nSPS) is 28.4. The van der Waals surface area contributed by atoms with Gasteiger partial charge in [-0.2, -0.15) is 0 Å². The second-order valence-electron chi connectivity index (χ2n) is 7.40. The van der Waals surface area contributed by atoms with Crippen LogP contribution in [-0.2, 0) is 4.74 Å². The first-order valence-electron chi connectivity index (χ1n) is 8.88. The summed E-state index contributed by atoms with van der Waals surface area (Å²) in [6, 6.07) is 8.91. The number of ether oxygens (including phenoxy) is 1. The highest BCUT2D eigenvalue weighted by atomic mass is 127. The molecule has 1 aromatic carbocycles. The highest BCUT2D eigenvalue weighted by Crippen LogP contribution is 2.52. The zero-order chi connectivity index (χ0) is 17.3. The van der Waals surface area contributed by atoms with Gasteiger partial charge in [-0.05, 0) is 31.9 Å². The number of hydrogen-bond donors (Lipinski definition) is 2. The summed E-state index contributed by atoms with van der Waals surface area (Å²) in [4.78, 5) is 4.66. The molecule has 2 aliphatic rings. The van der Waals surface area contributed by atoms with Gasteiger partial charge >= 0.3 is 0 Å². The van der Waals surface area contributed by atoms with E-state index in [1.165, 1.54) is 5.56 Å². The minimum absolute atomic E-state index is 0. The third-order valence-corrected chi connectivity index (χ3v) is 6.16. The first-order valence-corrected chi connectivity index (χ1v) is 9.68. The quantitative estimate of drug-likeness (QED) is 0.348. The van der Waals surface area contributed by atoms with Gasteiger partial charge in [-0.1, -0.05) is 48.0 Å². The predicted octanol–water partition coefficient (Wildman–Crippen LogP) is 4.50. The van der Waals surface area contributed by atoms with Gasteiger partial charge in [-0.25, -0.2) is 0 Å². The van der Waals surface area contributed by atoms with Crippen LogP contribution < -0.4 is 10.6 Å². The molecule has 1 aromatic rings. The number of guanidine groups is 1. The number of rotatable bonds is 4. The van der Waals surface area contributed by atoms with Gasteiger partial charge in [-0.15, -0.1) is 24.0 Å². The Labute approximate surface area is 176 Å². The number of fused-ring (bicyclic) bond motifs is 1. The lowest BCUT2D eigenvalue weighted by atomic mass is 9.57. The lowest BCUT2D eigenvalue weighted by molar-refractivity contribution is -0.106. The summed E-state index contributed by atoms with van der Waals surface area (Å²) < 4.78 is 7.02. The van der Waals surface area contributed by atoms with E-state index in [0.29, 0.717) is 18.1 Å². The lowest BCUT2D eigenvalue weighted by Crippen LogP contribution is -2.68. The van der Waals surface area contributed by atoms with E-state index in [0.717, 1.165) is 30.0 Å². The standard InChI is InChI=1S/C19H28BrN3O.HI/c1-5-21-18(22-12(2)13-8-6-7-9-15(13)20)23-16-14-10-11-24-17(14)19(16,3)4;/h6-9,12,14,16-17H,5,10-11H2,1-4H3,(H2,21,22,23);1H. The molecule has 1 saturated heterocycles. The Morgan fingerprint density at radius 3 is 2.80 bits per heavy atom. The van der Waals surface area contributed by atoms with E-state index in [1.54, 1.807) is 0 Å². The Morgan fingerprint density at radius 2 is 2.12 bits per heavy atom. The minimum atomic E-state index is 0. The summed E-state index contributed by atoms with van der Waals surface area (Å²) in [5.74, 6) is 1.49. The Hall–Kier alpha value is -0.340. The molecule has 3 rings (SSSR count). The van der Waals surface area contributed by atoms with Crippen molar-refractivity contribution < 1.29 is 4.74 Å². The summed E-state index contributed by atoms with van der Waals surface area (Å²) in [6.45, 7) is 10.5. The molecule has 25 heavy (non-hydrogen) atoms. The predicted molar refractivity (Wildman–Crippen MR) is 118 cm³/mol. The Bertz CT molecular complexity index is 622. The number of nitrogens with one attached hydrogen (secondary N) is 2. The van der Waals surface area contributed by atoms with Crippen LogP contribution in [0, 0.1) is 11.3 Å². The van der Waals surface area contributed by atoms with Gasteiger partial charge in [0, 0.05) is 35.0 Å². The summed E-state index contributed by atoms with van der Waals surface area (Å²) in [6.07, 6.45) is 1.53. The van der Waals surface area contributed by atoms with Crippen LogP contribution in [0.25, 0.3) is 0 Å². The SMILES string of the molecule is CCN=C(NC(C)c1ccccc1Br)NC1C2CCOC2C1(C)C.I. The van der Waals surface area contributed by atoms with E-state index < -0.39 is 0 Å². The fourth-order valence-corrected chi connectivity index (χ4v) is 4.79. The largest absolute Gasteiger partial charge is 0.377 e. The van der Waals surface area contributed by atoms with Crippen LogP contribution in [0.1, 0.15) is 45.7 Å². The minimum Gasteiger partial charge on any atom is -0.377 e. The van der Waals surface area contributed by atoms with Crippen LogP contribution in [0.4, 0.5) is 0 Å². The Morgan fingerprint density at radius 1 is 1.40 bits per heavy atom. The third-order valence-electron chi connectivity index (χ3n) is 5.43. The third kappa shape index (κ3) is 4.16. The molecule has 0 bridgehead atoms. The van der Waals surface area contributed by atoms with Gasteiger partial charge in [-0.3, -0.25) is 4.99 Å². The summed E-state index contributed by atoms with van der Waals surface area (Å²) in [5, 5.41) is 7.24. The molecular formula is C19H29BrIN3O. The van der Waals surface area contributed by atoms with Crippen LogP contribution in [0.5, 0.6) is 0 Å². The molecule has 0 spiro atoms. The van der Waals surface area contributed by atoms with Crippen molar-refractivity contribution in [3.05, 3.63) is 34.3 Å². The van der Waals surface area contributed by atoms with Crippen LogP contribution in [0.15, 0.2) is 33.7 Å². The number of nitrogens with zero attached hydrogens (tertiary/aromatic N) is 1. The molecule has 1 aliphatic carbocycles. The first-order chi connectivity index (χ1) is 11.4. The van der Waals surface area contributed by atoms with Gasteiger partial charge in [0.05, 0.1) is 12.1 Å². The molecule has 140 valence electrons. The van der Waals surface area contributed by atoms with Crippen molar-refractivity contribution in [2.24, 2.45) is 16.3 Å². The zero-order valence-electron chi connectivity index (χ0n) is 15.4. The summed E-state index contributed by atoms with van der Waals surface area (Å²) >= 11 is 3.64. The summed E-state index contributed by atoms with van der Waals surface area (Å²) in [5.41, 5.74) is 1.38. The van der Waals surface area contributed by atoms with Crippen molar-refractivity contribution in [3.8, 4) is 0 Å². The molecule has 1 heterocycles. The summed E-state index contributed by atoms with van der Waals surface area (Å²) in [7, 11) is 0. The molecule has 6 heteroatoms. The van der Waals surface area contributed by atoms with Crippen molar-refractivity contribution >= 4 is 45.9 Å². The maximum atomic E-state index is 5.90. The Balaban J connectivity index is 0.00000225. The van der Waals surface area contributed by atoms with Crippen molar-refractivity contribution in [1.82, 2.24) is 10.6 Å². The van der Waals surface area contributed by atoms with Gasteiger partial charge in [0.2, 0.25) is 0 Å². The van der Waals surface area contributed by atoms with Crippen molar-refractivity contribution in [1.29, 1.82) is 0 Å². The smallest absolute Gasteiger partial charge is 0.191 e. The van der Waals surface area contributed by atoms with Gasteiger partial charge in [0.15, 0.2) is 5.96 Å². The molecule has 1 aliphatic heterocycles. The van der Waals surface area contributed by atoms with E-state index in [1.807, 2.05) is 6.07 Å². The van der Waals surface area contributed by atoms with E-state index in [-0.39, 0.29) is 35.4 Å². The van der Waals surface area contributed by atoms with Gasteiger partial charge in [0.25, 0.3) is 0 Å². The highest BCUT2D eigenvalue weighted by molar-refractivity contribution is 14.0. The molecular weight excluding hydrogens is 493 g/mol. The van der Waals surface area contributed by atoms with E-state index >= 15 is 0 Å². The molecule has 1 saturated carbocycles. The average molecular weight is 522 g/mol. The molecule has 4 nitrogen and oxygen atoms in total. The Kier molecular flexibility index (Phi) is 7.18. The van der Waals surface area contributed by atoms with Crippen molar-refractivity contribution in [3.63, 3.8) is 0 Å². The zero-order valence-corrected chi connectivity index (χ0v) is 19.3. The molecule has 0 amide bonds. The monoisotopic (exact) mass is 521 g/mol. The van der Waals surface area contributed by atoms with Crippen LogP contribution >= 0.6 is 39.9 Å². The van der Waals surface area contributed by atoms with E-state index in [4.69, 9.17) is 4.74 Å². The number of benzene rings is 1. The second kappa shape index (κ2) is 8.57. The fourth-order valence-electron chi connectivity index (χ4n) is 4.16. The molecule has 2 fully saturated rings. The maximum absolute atomic E-state index is 5.90. The fraction of sp³-hybridized carbons (Fsp3) is 0.632. The second-order valence-corrected chi connectivity index (χ2v) is 8.25. The van der Waals surface area contributed by atoms with Crippen LogP contribution in [0.3, 0.4) is 0 Å². The molecule has 2 N–H and O–H groups in total.